The fraction of sp³-hybridized carbons (Fsp3) is 0.250. The molecule has 0 saturated carbocycles. The number of amides is 2. The van der Waals surface area contributed by atoms with Gasteiger partial charge in [0.2, 0.25) is 5.91 Å². The largest absolute Gasteiger partial charge is 0.484 e. The third kappa shape index (κ3) is 7.87. The van der Waals surface area contributed by atoms with Crippen LogP contribution < -0.4 is 20.9 Å². The standard InChI is InChI=1S/C20H23N3O3S/c1-2-15-8-11-17(12-9-15)26-14-19(25)22-23-20(27)21-18(24)13-10-16-6-4-3-5-7-16/h3-9,11-12H,2,10,13-14H2,1H3,(H,22,25)(H2,21,23,24,27). The van der Waals surface area contributed by atoms with Crippen LogP contribution in [0.15, 0.2) is 54.6 Å². The summed E-state index contributed by atoms with van der Waals surface area (Å²) in [5, 5.41) is 2.55. The molecule has 0 saturated heterocycles. The lowest BCUT2D eigenvalue weighted by atomic mass is 10.1. The van der Waals surface area contributed by atoms with Crippen molar-refractivity contribution in [3.05, 3.63) is 65.7 Å². The summed E-state index contributed by atoms with van der Waals surface area (Å²) in [5.74, 6) is -0.0209. The fourth-order valence-electron chi connectivity index (χ4n) is 2.26. The molecule has 2 aromatic carbocycles. The Hall–Kier alpha value is -2.93. The zero-order valence-electron chi connectivity index (χ0n) is 15.2. The zero-order valence-corrected chi connectivity index (χ0v) is 16.0. The monoisotopic (exact) mass is 385 g/mol. The first-order valence-electron chi connectivity index (χ1n) is 8.71. The van der Waals surface area contributed by atoms with Crippen LogP contribution in [0.3, 0.4) is 0 Å². The van der Waals surface area contributed by atoms with Crippen LogP contribution in [0.25, 0.3) is 0 Å². The van der Waals surface area contributed by atoms with E-state index in [9.17, 15) is 9.59 Å². The number of carbonyl (C=O) groups is 2. The number of hydrogen-bond acceptors (Lipinski definition) is 4. The van der Waals surface area contributed by atoms with E-state index in [4.69, 9.17) is 17.0 Å². The van der Waals surface area contributed by atoms with Crippen molar-refractivity contribution in [2.24, 2.45) is 0 Å². The number of thiocarbonyl (C=S) groups is 1. The number of hydrazine groups is 1. The Kier molecular flexibility index (Phi) is 8.25. The minimum absolute atomic E-state index is 0.0358. The smallest absolute Gasteiger partial charge is 0.276 e. The predicted octanol–water partition coefficient (Wildman–Crippen LogP) is 2.28. The van der Waals surface area contributed by atoms with Crippen molar-refractivity contribution < 1.29 is 14.3 Å². The van der Waals surface area contributed by atoms with Gasteiger partial charge in [-0.05, 0) is 48.3 Å². The van der Waals surface area contributed by atoms with E-state index in [-0.39, 0.29) is 17.6 Å². The maximum Gasteiger partial charge on any atom is 0.276 e. The molecule has 0 fully saturated rings. The Balaban J connectivity index is 1.62. The fourth-order valence-corrected chi connectivity index (χ4v) is 2.42. The number of carbonyl (C=O) groups excluding carboxylic acids is 2. The lowest BCUT2D eigenvalue weighted by Crippen LogP contribution is -2.49. The van der Waals surface area contributed by atoms with Crippen LogP contribution in [0.4, 0.5) is 0 Å². The lowest BCUT2D eigenvalue weighted by molar-refractivity contribution is -0.124. The summed E-state index contributed by atoms with van der Waals surface area (Å²) in [6.45, 7) is 1.90. The van der Waals surface area contributed by atoms with E-state index >= 15 is 0 Å². The van der Waals surface area contributed by atoms with Crippen molar-refractivity contribution in [3.8, 4) is 5.75 Å². The number of aryl methyl sites for hydroxylation is 2. The first-order chi connectivity index (χ1) is 13.1. The van der Waals surface area contributed by atoms with E-state index in [2.05, 4.69) is 23.1 Å². The second kappa shape index (κ2) is 10.9. The van der Waals surface area contributed by atoms with Crippen molar-refractivity contribution in [2.45, 2.75) is 26.2 Å². The molecule has 2 rings (SSSR count). The van der Waals surface area contributed by atoms with E-state index in [0.29, 0.717) is 18.6 Å². The average Bonchev–Trinajstić information content (AvgIpc) is 2.70. The Morgan fingerprint density at radius 1 is 0.926 bits per heavy atom. The normalized spacial score (nSPS) is 9.96. The van der Waals surface area contributed by atoms with Crippen molar-refractivity contribution in [3.63, 3.8) is 0 Å². The van der Waals surface area contributed by atoms with Crippen LogP contribution >= 0.6 is 12.2 Å². The van der Waals surface area contributed by atoms with E-state index in [0.717, 1.165) is 12.0 Å². The topological polar surface area (TPSA) is 79.5 Å². The molecule has 0 aliphatic carbocycles. The van der Waals surface area contributed by atoms with Gasteiger partial charge in [0.05, 0.1) is 0 Å². The quantitative estimate of drug-likeness (QED) is 0.503. The molecule has 0 atom stereocenters. The molecule has 3 N–H and O–H groups in total. The summed E-state index contributed by atoms with van der Waals surface area (Å²) < 4.78 is 5.39. The average molecular weight is 385 g/mol. The highest BCUT2D eigenvalue weighted by molar-refractivity contribution is 7.80. The number of benzene rings is 2. The minimum atomic E-state index is -0.407. The highest BCUT2D eigenvalue weighted by atomic mass is 32.1. The SMILES string of the molecule is CCc1ccc(OCC(=O)NNC(=S)NC(=O)CCc2ccccc2)cc1. The number of rotatable bonds is 7. The second-order valence-electron chi connectivity index (χ2n) is 5.82. The highest BCUT2D eigenvalue weighted by Gasteiger charge is 2.07. The van der Waals surface area contributed by atoms with Gasteiger partial charge >= 0.3 is 0 Å². The molecule has 0 spiro atoms. The van der Waals surface area contributed by atoms with Crippen LogP contribution in [0, 0.1) is 0 Å². The molecule has 142 valence electrons. The summed E-state index contributed by atoms with van der Waals surface area (Å²) in [4.78, 5) is 23.6. The van der Waals surface area contributed by atoms with E-state index in [1.165, 1.54) is 5.56 Å². The summed E-state index contributed by atoms with van der Waals surface area (Å²) >= 11 is 4.99. The number of hydrogen-bond donors (Lipinski definition) is 3. The van der Waals surface area contributed by atoms with Gasteiger partial charge in [-0.15, -0.1) is 0 Å². The van der Waals surface area contributed by atoms with E-state index in [1.54, 1.807) is 0 Å². The van der Waals surface area contributed by atoms with Gasteiger partial charge in [-0.3, -0.25) is 20.4 Å². The summed E-state index contributed by atoms with van der Waals surface area (Å²) in [6, 6.07) is 17.2. The summed E-state index contributed by atoms with van der Waals surface area (Å²) in [6.07, 6.45) is 1.86. The van der Waals surface area contributed by atoms with E-state index in [1.807, 2.05) is 54.6 Å². The third-order valence-corrected chi connectivity index (χ3v) is 3.96. The van der Waals surface area contributed by atoms with Crippen molar-refractivity contribution in [1.29, 1.82) is 0 Å². The van der Waals surface area contributed by atoms with Gasteiger partial charge in [0.25, 0.3) is 5.91 Å². The second-order valence-corrected chi connectivity index (χ2v) is 6.23. The van der Waals surface area contributed by atoms with Crippen LogP contribution in [0.1, 0.15) is 24.5 Å². The highest BCUT2D eigenvalue weighted by Crippen LogP contribution is 2.12. The number of nitrogens with one attached hydrogen (secondary N) is 3. The molecular formula is C20H23N3O3S. The Morgan fingerprint density at radius 2 is 1.63 bits per heavy atom. The van der Waals surface area contributed by atoms with Crippen molar-refractivity contribution in [1.82, 2.24) is 16.2 Å². The van der Waals surface area contributed by atoms with Gasteiger partial charge in [-0.25, -0.2) is 0 Å². The van der Waals surface area contributed by atoms with Crippen molar-refractivity contribution >= 4 is 29.1 Å². The third-order valence-electron chi connectivity index (χ3n) is 3.75. The van der Waals surface area contributed by atoms with Crippen LogP contribution in [-0.4, -0.2) is 23.5 Å². The minimum Gasteiger partial charge on any atom is -0.484 e. The molecule has 2 aromatic rings. The first kappa shape index (κ1) is 20.4. The summed E-state index contributed by atoms with van der Waals surface area (Å²) in [5.41, 5.74) is 7.14. The maximum atomic E-state index is 11.9. The van der Waals surface area contributed by atoms with Gasteiger partial charge < -0.3 is 10.1 Å². The molecular weight excluding hydrogens is 362 g/mol. The number of ether oxygens (including phenoxy) is 1. The van der Waals surface area contributed by atoms with Gasteiger partial charge in [0, 0.05) is 6.42 Å². The van der Waals surface area contributed by atoms with Gasteiger partial charge in [-0.1, -0.05) is 49.4 Å². The molecule has 7 heteroatoms. The van der Waals surface area contributed by atoms with Gasteiger partial charge in [0.1, 0.15) is 5.75 Å². The first-order valence-corrected chi connectivity index (χ1v) is 9.12. The van der Waals surface area contributed by atoms with Crippen molar-refractivity contribution in [2.75, 3.05) is 6.61 Å². The van der Waals surface area contributed by atoms with Crippen LogP contribution in [0.5, 0.6) is 5.75 Å². The summed E-state index contributed by atoms with van der Waals surface area (Å²) in [7, 11) is 0. The maximum absolute atomic E-state index is 11.9. The Labute approximate surface area is 164 Å². The predicted molar refractivity (Wildman–Crippen MR) is 108 cm³/mol. The van der Waals surface area contributed by atoms with Crippen LogP contribution in [-0.2, 0) is 22.4 Å². The molecule has 2 amide bonds. The molecule has 0 radical (unpaired) electrons. The lowest BCUT2D eigenvalue weighted by Gasteiger charge is -2.11. The molecule has 0 unspecified atom stereocenters. The molecule has 0 aliphatic heterocycles. The Bertz CT molecular complexity index is 764. The van der Waals surface area contributed by atoms with Gasteiger partial charge in [-0.2, -0.15) is 0 Å². The molecule has 27 heavy (non-hydrogen) atoms. The zero-order chi connectivity index (χ0) is 19.5. The molecule has 6 nitrogen and oxygen atoms in total. The molecule has 0 bridgehead atoms. The van der Waals surface area contributed by atoms with Gasteiger partial charge in [0.15, 0.2) is 11.7 Å². The molecule has 0 aliphatic rings. The Morgan fingerprint density at radius 3 is 2.30 bits per heavy atom. The van der Waals surface area contributed by atoms with Crippen LogP contribution in [0.2, 0.25) is 0 Å². The molecule has 0 heterocycles. The molecule has 0 aromatic heterocycles. The van der Waals surface area contributed by atoms with E-state index < -0.39 is 5.91 Å².